The van der Waals surface area contributed by atoms with Crippen LogP contribution in [0.4, 0.5) is 13.2 Å². The molecular formula is C20H17ClF3N3O3. The van der Waals surface area contributed by atoms with Crippen molar-refractivity contribution in [1.29, 1.82) is 0 Å². The van der Waals surface area contributed by atoms with Gasteiger partial charge in [0.2, 0.25) is 0 Å². The Morgan fingerprint density at radius 2 is 2.10 bits per heavy atom. The van der Waals surface area contributed by atoms with Gasteiger partial charge < -0.3 is 19.2 Å². The second-order valence-corrected chi connectivity index (χ2v) is 7.30. The van der Waals surface area contributed by atoms with Gasteiger partial charge in [-0.05, 0) is 18.6 Å². The van der Waals surface area contributed by atoms with E-state index in [-0.39, 0.29) is 23.4 Å². The molecule has 0 radical (unpaired) electrons. The van der Waals surface area contributed by atoms with E-state index >= 15 is 0 Å². The highest BCUT2D eigenvalue weighted by Crippen LogP contribution is 2.35. The molecule has 1 N–H and O–H groups in total. The lowest BCUT2D eigenvalue weighted by Crippen LogP contribution is -2.35. The van der Waals surface area contributed by atoms with Gasteiger partial charge in [0.25, 0.3) is 5.91 Å². The fourth-order valence-electron chi connectivity index (χ4n) is 3.25. The van der Waals surface area contributed by atoms with Crippen LogP contribution in [0.1, 0.15) is 16.9 Å². The molecule has 1 saturated heterocycles. The highest BCUT2D eigenvalue weighted by atomic mass is 35.5. The summed E-state index contributed by atoms with van der Waals surface area (Å²) in [5.74, 6) is -0.325. The van der Waals surface area contributed by atoms with Gasteiger partial charge in [-0.2, -0.15) is 13.2 Å². The summed E-state index contributed by atoms with van der Waals surface area (Å²) in [4.78, 5) is 17.0. The minimum atomic E-state index is -4.47. The molecule has 0 aliphatic carbocycles. The summed E-state index contributed by atoms with van der Waals surface area (Å²) in [5, 5.41) is 3.19. The van der Waals surface area contributed by atoms with Crippen molar-refractivity contribution in [3.05, 3.63) is 53.4 Å². The average Bonchev–Trinajstić information content (AvgIpc) is 3.35. The van der Waals surface area contributed by atoms with Crippen LogP contribution < -0.4 is 10.1 Å². The number of fused-ring (bicyclic) bond motifs is 1. The lowest BCUT2D eigenvalue weighted by molar-refractivity contribution is -0.153. The van der Waals surface area contributed by atoms with Gasteiger partial charge in [0.1, 0.15) is 17.1 Å². The maximum Gasteiger partial charge on any atom is 0.422 e. The third kappa shape index (κ3) is 4.52. The van der Waals surface area contributed by atoms with E-state index in [9.17, 15) is 18.0 Å². The van der Waals surface area contributed by atoms with Gasteiger partial charge in [-0.3, -0.25) is 4.79 Å². The van der Waals surface area contributed by atoms with Crippen molar-refractivity contribution < 1.29 is 27.4 Å². The van der Waals surface area contributed by atoms with Gasteiger partial charge in [0.05, 0.1) is 17.7 Å². The molecule has 10 heteroatoms. The molecule has 1 amide bonds. The molecule has 6 nitrogen and oxygen atoms in total. The molecule has 1 atom stereocenters. The molecule has 2 aromatic heterocycles. The highest BCUT2D eigenvalue weighted by Gasteiger charge is 2.29. The number of nitrogens with one attached hydrogen (secondary N) is 1. The molecule has 1 fully saturated rings. The Kier molecular flexibility index (Phi) is 5.57. The first kappa shape index (κ1) is 20.5. The van der Waals surface area contributed by atoms with Crippen molar-refractivity contribution in [2.75, 3.05) is 19.8 Å². The van der Waals surface area contributed by atoms with Crippen LogP contribution in [0.2, 0.25) is 5.02 Å². The Labute approximate surface area is 174 Å². The molecule has 0 spiro atoms. The first-order chi connectivity index (χ1) is 14.3. The van der Waals surface area contributed by atoms with Crippen LogP contribution in [0.3, 0.4) is 0 Å². The summed E-state index contributed by atoms with van der Waals surface area (Å²) in [6.45, 7) is -0.392. The molecule has 0 saturated carbocycles. The summed E-state index contributed by atoms with van der Waals surface area (Å²) >= 11 is 6.22. The van der Waals surface area contributed by atoms with E-state index in [1.807, 2.05) is 0 Å². The number of alkyl halides is 3. The third-order valence-electron chi connectivity index (χ3n) is 4.58. The van der Waals surface area contributed by atoms with Gasteiger partial charge in [-0.25, -0.2) is 4.98 Å². The number of hydrogen-bond acceptors (Lipinski definition) is 4. The molecule has 3 heterocycles. The topological polar surface area (TPSA) is 64.9 Å². The van der Waals surface area contributed by atoms with Gasteiger partial charge in [-0.1, -0.05) is 29.8 Å². The number of ether oxygens (including phenoxy) is 2. The van der Waals surface area contributed by atoms with Crippen LogP contribution in [-0.2, 0) is 4.74 Å². The van der Waals surface area contributed by atoms with Gasteiger partial charge in [0.15, 0.2) is 6.61 Å². The molecule has 1 aromatic carbocycles. The Morgan fingerprint density at radius 1 is 1.30 bits per heavy atom. The first-order valence-electron chi connectivity index (χ1n) is 9.16. The quantitative estimate of drug-likeness (QED) is 0.649. The zero-order chi connectivity index (χ0) is 21.3. The van der Waals surface area contributed by atoms with E-state index in [0.29, 0.717) is 35.0 Å². The fraction of sp³-hybridized carbons (Fsp3) is 0.300. The number of imidazole rings is 1. The van der Waals surface area contributed by atoms with Crippen LogP contribution in [0.25, 0.3) is 16.8 Å². The van der Waals surface area contributed by atoms with Crippen molar-refractivity contribution >= 4 is 23.2 Å². The maximum atomic E-state index is 12.6. The number of aromatic nitrogens is 2. The Hall–Kier alpha value is -2.78. The van der Waals surface area contributed by atoms with Crippen LogP contribution in [0.5, 0.6) is 5.75 Å². The largest absolute Gasteiger partial charge is 0.483 e. The zero-order valence-electron chi connectivity index (χ0n) is 15.6. The van der Waals surface area contributed by atoms with Crippen molar-refractivity contribution in [3.8, 4) is 16.9 Å². The molecule has 3 aromatic rings. The predicted octanol–water partition coefficient (Wildman–Crippen LogP) is 4.11. The van der Waals surface area contributed by atoms with Crippen LogP contribution in [0.15, 0.2) is 42.7 Å². The second-order valence-electron chi connectivity index (χ2n) is 6.86. The SMILES string of the molecule is O=C(N[C@H]1CCOC1)c1cn2cc(Cl)cc(-c3ccccc3OCC(F)(F)F)c2n1. The maximum absolute atomic E-state index is 12.6. The fourth-order valence-corrected chi connectivity index (χ4v) is 3.47. The predicted molar refractivity (Wildman–Crippen MR) is 104 cm³/mol. The summed E-state index contributed by atoms with van der Waals surface area (Å²) in [5.41, 5.74) is 1.37. The summed E-state index contributed by atoms with van der Waals surface area (Å²) < 4.78 is 49.7. The Balaban J connectivity index is 1.71. The molecule has 4 rings (SSSR count). The number of halogens is 4. The van der Waals surface area contributed by atoms with Crippen molar-refractivity contribution in [2.45, 2.75) is 18.6 Å². The Morgan fingerprint density at radius 3 is 2.83 bits per heavy atom. The van der Waals surface area contributed by atoms with Crippen molar-refractivity contribution in [2.24, 2.45) is 0 Å². The molecule has 1 aliphatic heterocycles. The number of carbonyl (C=O) groups excluding carboxylic acids is 1. The highest BCUT2D eigenvalue weighted by molar-refractivity contribution is 6.31. The monoisotopic (exact) mass is 439 g/mol. The zero-order valence-corrected chi connectivity index (χ0v) is 16.3. The van der Waals surface area contributed by atoms with Crippen molar-refractivity contribution in [1.82, 2.24) is 14.7 Å². The molecule has 1 aliphatic rings. The molecule has 0 bridgehead atoms. The normalized spacial score (nSPS) is 16.7. The van der Waals surface area contributed by atoms with E-state index < -0.39 is 12.8 Å². The number of hydrogen-bond donors (Lipinski definition) is 1. The third-order valence-corrected chi connectivity index (χ3v) is 4.79. The lowest BCUT2D eigenvalue weighted by Gasteiger charge is -2.14. The number of carbonyl (C=O) groups is 1. The minimum Gasteiger partial charge on any atom is -0.483 e. The van der Waals surface area contributed by atoms with Crippen LogP contribution in [-0.4, -0.2) is 47.3 Å². The van der Waals surface area contributed by atoms with Gasteiger partial charge in [0, 0.05) is 30.1 Å². The number of amides is 1. The van der Waals surface area contributed by atoms with E-state index in [2.05, 4.69) is 10.3 Å². The van der Waals surface area contributed by atoms with E-state index in [1.54, 1.807) is 34.9 Å². The second kappa shape index (κ2) is 8.16. The minimum absolute atomic E-state index is 0.0381. The summed E-state index contributed by atoms with van der Waals surface area (Å²) in [6, 6.07) is 7.79. The van der Waals surface area contributed by atoms with E-state index in [4.69, 9.17) is 21.1 Å². The number of nitrogens with zero attached hydrogens (tertiary/aromatic N) is 2. The van der Waals surface area contributed by atoms with Gasteiger partial charge in [-0.15, -0.1) is 0 Å². The molecule has 30 heavy (non-hydrogen) atoms. The standard InChI is InChI=1S/C20H17ClF3N3O3/c21-12-7-15(14-3-1-2-4-17(14)30-11-20(22,23)24)18-26-16(9-27(18)8-12)19(28)25-13-5-6-29-10-13/h1-4,7-9,13H,5-6,10-11H2,(H,25,28)/t13-/m0/s1. The first-order valence-corrected chi connectivity index (χ1v) is 9.54. The average molecular weight is 440 g/mol. The summed E-state index contributed by atoms with van der Waals surface area (Å²) in [6.07, 6.45) is -0.656. The lowest BCUT2D eigenvalue weighted by atomic mass is 10.1. The van der Waals surface area contributed by atoms with Crippen LogP contribution in [0, 0.1) is 0 Å². The van der Waals surface area contributed by atoms with Crippen molar-refractivity contribution in [3.63, 3.8) is 0 Å². The van der Waals surface area contributed by atoms with Crippen LogP contribution >= 0.6 is 11.6 Å². The number of pyridine rings is 1. The van der Waals surface area contributed by atoms with E-state index in [1.165, 1.54) is 12.3 Å². The van der Waals surface area contributed by atoms with E-state index in [0.717, 1.165) is 6.42 Å². The smallest absolute Gasteiger partial charge is 0.422 e. The molecule has 0 unspecified atom stereocenters. The molecular weight excluding hydrogens is 423 g/mol. The molecule has 158 valence electrons. The number of benzene rings is 1. The van der Waals surface area contributed by atoms with Gasteiger partial charge >= 0.3 is 6.18 Å². The Bertz CT molecular complexity index is 1080. The number of rotatable bonds is 5. The number of para-hydroxylation sites is 1. The summed E-state index contributed by atoms with van der Waals surface area (Å²) in [7, 11) is 0.